The topological polar surface area (TPSA) is 39.1 Å². The molecule has 5 heteroatoms. The molecule has 3 aromatic heterocycles. The van der Waals surface area contributed by atoms with Crippen LogP contribution >= 0.6 is 0 Å². The summed E-state index contributed by atoms with van der Waals surface area (Å²) in [5, 5.41) is 9.17. The van der Waals surface area contributed by atoms with Gasteiger partial charge in [-0.1, -0.05) is 127 Å². The van der Waals surface area contributed by atoms with Gasteiger partial charge in [0.05, 0.1) is 27.8 Å². The maximum atomic E-state index is 6.70. The van der Waals surface area contributed by atoms with Crippen LogP contribution in [0.5, 0.6) is 0 Å². The summed E-state index contributed by atoms with van der Waals surface area (Å²) in [6, 6.07) is 78.2. The molecule has 0 N–H and O–H groups in total. The van der Waals surface area contributed by atoms with E-state index in [1.807, 2.05) is 30.3 Å². The van der Waals surface area contributed by atoms with E-state index < -0.39 is 0 Å². The normalized spacial score (nSPS) is 11.9. The average Bonchev–Trinajstić information content (AvgIpc) is 4.03. The van der Waals surface area contributed by atoms with Crippen LogP contribution in [0.3, 0.4) is 0 Å². The first-order valence-electron chi connectivity index (χ1n) is 21.0. The van der Waals surface area contributed by atoms with Gasteiger partial charge in [-0.3, -0.25) is 0 Å². The van der Waals surface area contributed by atoms with E-state index in [1.165, 1.54) is 27.1 Å². The summed E-state index contributed by atoms with van der Waals surface area (Å²) in [7, 11) is 0. The molecule has 5 nitrogen and oxygen atoms in total. The molecule has 0 saturated carbocycles. The average molecular weight is 793 g/mol. The molecule has 0 aliphatic heterocycles. The maximum absolute atomic E-state index is 6.70. The van der Waals surface area contributed by atoms with Gasteiger partial charge in [0, 0.05) is 55.2 Å². The van der Waals surface area contributed by atoms with Crippen LogP contribution in [-0.2, 0) is 0 Å². The number of rotatable bonds is 6. The molecule has 0 bridgehead atoms. The lowest BCUT2D eigenvalue weighted by molar-refractivity contribution is 0.623. The molecule has 10 aromatic carbocycles. The summed E-state index contributed by atoms with van der Waals surface area (Å²) < 4.78 is 11.5. The van der Waals surface area contributed by atoms with Crippen molar-refractivity contribution >= 4 is 93.3 Å². The fourth-order valence-electron chi connectivity index (χ4n) is 9.76. The van der Waals surface area contributed by atoms with E-state index >= 15 is 0 Å². The maximum Gasteiger partial charge on any atom is 0.227 e. The van der Waals surface area contributed by atoms with Crippen molar-refractivity contribution in [3.63, 3.8) is 0 Å². The Balaban J connectivity index is 1.12. The molecule has 0 atom stereocenters. The van der Waals surface area contributed by atoms with Gasteiger partial charge in [-0.25, -0.2) is 4.98 Å². The lowest BCUT2D eigenvalue weighted by atomic mass is 10.00. The highest BCUT2D eigenvalue weighted by molar-refractivity contribution is 6.20. The Morgan fingerprint density at radius 2 is 0.952 bits per heavy atom. The van der Waals surface area contributed by atoms with Crippen LogP contribution in [0.15, 0.2) is 223 Å². The molecule has 0 amide bonds. The van der Waals surface area contributed by atoms with E-state index in [0.717, 1.165) is 83.2 Å². The second kappa shape index (κ2) is 13.6. The number of benzene rings is 10. The van der Waals surface area contributed by atoms with Crippen LogP contribution in [0.25, 0.3) is 99.1 Å². The summed E-state index contributed by atoms with van der Waals surface area (Å²) >= 11 is 0. The number of aromatic nitrogens is 3. The van der Waals surface area contributed by atoms with Gasteiger partial charge in [-0.15, -0.1) is 0 Å². The molecule has 0 aliphatic rings. The summed E-state index contributed by atoms with van der Waals surface area (Å²) in [6.45, 7) is 0. The van der Waals surface area contributed by atoms with Crippen molar-refractivity contribution in [1.29, 1.82) is 0 Å². The van der Waals surface area contributed by atoms with Gasteiger partial charge in [0.25, 0.3) is 0 Å². The first-order chi connectivity index (χ1) is 30.8. The molecule has 0 radical (unpaired) electrons. The number of nitrogens with zero attached hydrogens (tertiary/aromatic N) is 4. The highest BCUT2D eigenvalue weighted by atomic mass is 16.3. The third-order valence-electron chi connectivity index (χ3n) is 12.5. The summed E-state index contributed by atoms with van der Waals surface area (Å²) in [5.41, 5.74) is 12.6. The van der Waals surface area contributed by atoms with Crippen molar-refractivity contribution in [1.82, 2.24) is 14.1 Å². The minimum atomic E-state index is 0.617. The summed E-state index contributed by atoms with van der Waals surface area (Å²) in [5.74, 6) is 0.617. The van der Waals surface area contributed by atoms with Gasteiger partial charge < -0.3 is 18.5 Å². The third kappa shape index (κ3) is 5.18. The molecule has 13 aromatic rings. The Morgan fingerprint density at radius 3 is 1.71 bits per heavy atom. The highest BCUT2D eigenvalue weighted by Gasteiger charge is 2.24. The van der Waals surface area contributed by atoms with Crippen LogP contribution in [0.1, 0.15) is 0 Å². The first kappa shape index (κ1) is 34.5. The molecule has 3 heterocycles. The van der Waals surface area contributed by atoms with Crippen molar-refractivity contribution in [3.8, 4) is 22.8 Å². The zero-order chi connectivity index (χ0) is 40.7. The SMILES string of the molecule is c1ccc(-c2nc3ccc4ccc5ccc(N(c6ccc7c(c6)c6ccccc6n7-c6ccccc6)c6cccc7c8ccccc8n(-c8ccccc8)c67)cc5c4c3o2)cc1. The fraction of sp³-hybridized carbons (Fsp3) is 0. The second-order valence-electron chi connectivity index (χ2n) is 16.0. The smallest absolute Gasteiger partial charge is 0.227 e. The van der Waals surface area contributed by atoms with Crippen LogP contribution in [0.2, 0.25) is 0 Å². The van der Waals surface area contributed by atoms with Gasteiger partial charge >= 0.3 is 0 Å². The van der Waals surface area contributed by atoms with Crippen molar-refractivity contribution < 1.29 is 4.42 Å². The lowest BCUT2D eigenvalue weighted by Crippen LogP contribution is -2.12. The highest BCUT2D eigenvalue weighted by Crippen LogP contribution is 2.46. The Labute approximate surface area is 356 Å². The number of hydrogen-bond donors (Lipinski definition) is 0. The summed E-state index contributed by atoms with van der Waals surface area (Å²) in [6.07, 6.45) is 0. The van der Waals surface area contributed by atoms with Gasteiger partial charge in [0.1, 0.15) is 5.52 Å². The van der Waals surface area contributed by atoms with E-state index in [0.29, 0.717) is 5.89 Å². The second-order valence-corrected chi connectivity index (χ2v) is 16.0. The van der Waals surface area contributed by atoms with Crippen molar-refractivity contribution in [2.75, 3.05) is 4.90 Å². The van der Waals surface area contributed by atoms with Crippen LogP contribution in [0, 0.1) is 0 Å². The van der Waals surface area contributed by atoms with E-state index in [9.17, 15) is 0 Å². The third-order valence-corrected chi connectivity index (χ3v) is 12.5. The van der Waals surface area contributed by atoms with Gasteiger partial charge in [-0.2, -0.15) is 0 Å². The molecule has 62 heavy (non-hydrogen) atoms. The Kier molecular flexibility index (Phi) is 7.54. The van der Waals surface area contributed by atoms with Crippen LogP contribution in [0.4, 0.5) is 17.1 Å². The van der Waals surface area contributed by atoms with E-state index in [-0.39, 0.29) is 0 Å². The van der Waals surface area contributed by atoms with Gasteiger partial charge in [0.2, 0.25) is 5.89 Å². The Hall–Kier alpha value is -8.41. The van der Waals surface area contributed by atoms with Crippen LogP contribution in [-0.4, -0.2) is 14.1 Å². The van der Waals surface area contributed by atoms with Crippen molar-refractivity contribution in [2.24, 2.45) is 0 Å². The zero-order valence-electron chi connectivity index (χ0n) is 33.5. The lowest BCUT2D eigenvalue weighted by Gasteiger charge is -2.28. The quantitative estimate of drug-likeness (QED) is 0.157. The molecule has 13 rings (SSSR count). The Morgan fingerprint density at radius 1 is 0.403 bits per heavy atom. The van der Waals surface area contributed by atoms with Crippen molar-refractivity contribution in [2.45, 2.75) is 0 Å². The van der Waals surface area contributed by atoms with Gasteiger partial charge in [0.15, 0.2) is 5.58 Å². The molecule has 0 spiro atoms. The minimum Gasteiger partial charge on any atom is -0.435 e. The number of anilines is 3. The van der Waals surface area contributed by atoms with Crippen molar-refractivity contribution in [3.05, 3.63) is 218 Å². The first-order valence-corrected chi connectivity index (χ1v) is 21.0. The van der Waals surface area contributed by atoms with Crippen LogP contribution < -0.4 is 4.90 Å². The zero-order valence-corrected chi connectivity index (χ0v) is 33.5. The molecule has 290 valence electrons. The molecule has 0 saturated heterocycles. The number of fused-ring (bicyclic) bond motifs is 11. The molecule has 0 aliphatic carbocycles. The number of hydrogen-bond acceptors (Lipinski definition) is 3. The number of para-hydroxylation sites is 5. The predicted octanol–water partition coefficient (Wildman–Crippen LogP) is 15.5. The van der Waals surface area contributed by atoms with E-state index in [2.05, 4.69) is 202 Å². The predicted molar refractivity (Wildman–Crippen MR) is 258 cm³/mol. The number of oxazole rings is 1. The standard InChI is InChI=1S/C57H36N4O/c1-4-15-39(16-5-1)57-58-49-33-30-38-28-27-37-29-31-42(35-47(37)54(38)56(49)62-57)59(43-32-34-52-48(36-43)45-22-11-12-24-50(45)60(52)40-17-6-2-7-18-40)53-26-14-23-46-44-21-10-13-25-51(44)61(55(46)53)41-19-8-3-9-20-41/h1-36H. The molecule has 0 unspecified atom stereocenters. The largest absolute Gasteiger partial charge is 0.435 e. The summed E-state index contributed by atoms with van der Waals surface area (Å²) in [4.78, 5) is 7.43. The van der Waals surface area contributed by atoms with E-state index in [4.69, 9.17) is 9.40 Å². The van der Waals surface area contributed by atoms with Gasteiger partial charge in [-0.05, 0) is 107 Å². The molecule has 0 fully saturated rings. The molecular weight excluding hydrogens is 757 g/mol. The van der Waals surface area contributed by atoms with E-state index in [1.54, 1.807) is 0 Å². The minimum absolute atomic E-state index is 0.617. The monoisotopic (exact) mass is 792 g/mol. The fourth-order valence-corrected chi connectivity index (χ4v) is 9.76. The Bertz CT molecular complexity index is 3860. The molecular formula is C57H36N4O.